The van der Waals surface area contributed by atoms with Gasteiger partial charge in [-0.05, 0) is 59.7 Å². The van der Waals surface area contributed by atoms with E-state index in [9.17, 15) is 10.2 Å². The van der Waals surface area contributed by atoms with Crippen LogP contribution in [0.5, 0.6) is 11.5 Å². The average molecular weight is 935 g/mol. The molecule has 2 aromatic carbocycles. The molecule has 6 aromatic rings. The van der Waals surface area contributed by atoms with Crippen molar-refractivity contribution in [3.05, 3.63) is 180 Å². The molecule has 4 aromatic heterocycles. The zero-order valence-corrected chi connectivity index (χ0v) is 33.6. The molecule has 0 spiro atoms. The van der Waals surface area contributed by atoms with Gasteiger partial charge in [0.15, 0.2) is 0 Å². The fourth-order valence-electron chi connectivity index (χ4n) is 4.97. The maximum atomic E-state index is 12.0. The fraction of sp³-hybridized carbons (Fsp3) is 0.158. The zero-order valence-electron chi connectivity index (χ0n) is 30.2. The SMILES string of the molecule is [Cu+2].[Cu+2].[O-][Cl+3]([O-])([O-])[O-].[O-][Cl+3]([O-])([O-])[O-].[O-]c1ccccc1CN(Cc1ccccn1)Cc1ccccn1.[O-]c1ccccc1CN(Cc1ccccn1)Cc1ccccn1. The van der Waals surface area contributed by atoms with Crippen LogP contribution in [-0.4, -0.2) is 29.7 Å². The van der Waals surface area contributed by atoms with Gasteiger partial charge in [-0.3, -0.25) is 29.7 Å². The van der Waals surface area contributed by atoms with Crippen LogP contribution in [0.3, 0.4) is 0 Å². The predicted molar refractivity (Wildman–Crippen MR) is 175 cm³/mol. The number of para-hydroxylation sites is 2. The molecule has 0 N–H and O–H groups in total. The first-order chi connectivity index (χ1) is 26.6. The molecular weight excluding hydrogens is 898 g/mol. The van der Waals surface area contributed by atoms with Crippen LogP contribution in [0, 0.1) is 20.5 Å². The van der Waals surface area contributed by atoms with E-state index in [1.807, 2.05) is 97.1 Å². The Balaban J connectivity index is 0.000000458. The Kier molecular flexibility index (Phi) is 24.6. The number of nitrogens with zero attached hydrogens (tertiary/aromatic N) is 6. The maximum absolute atomic E-state index is 12.0. The minimum absolute atomic E-state index is 0. The average Bonchev–Trinajstić information content (AvgIpc) is 3.14. The smallest absolute Gasteiger partial charge is 0.872 e. The third kappa shape index (κ3) is 24.6. The second-order valence-electron chi connectivity index (χ2n) is 11.5. The summed E-state index contributed by atoms with van der Waals surface area (Å²) in [5, 5.41) is 24.0. The molecule has 0 atom stereocenters. The van der Waals surface area contributed by atoms with Crippen LogP contribution in [0.2, 0.25) is 0 Å². The Hall–Kier alpha value is -4.14. The Bertz CT molecular complexity index is 1720. The van der Waals surface area contributed by atoms with Crippen LogP contribution in [0.1, 0.15) is 33.9 Å². The minimum Gasteiger partial charge on any atom is -0.872 e. The maximum Gasteiger partial charge on any atom is 2.00 e. The van der Waals surface area contributed by atoms with E-state index in [1.165, 1.54) is 0 Å². The second kappa shape index (κ2) is 27.5. The molecule has 0 saturated heterocycles. The topological polar surface area (TPSA) is 289 Å². The number of hydrogen-bond acceptors (Lipinski definition) is 16. The van der Waals surface area contributed by atoms with Gasteiger partial charge in [-0.2, -0.15) is 0 Å². The second-order valence-corrected chi connectivity index (χ2v) is 13.1. The summed E-state index contributed by atoms with van der Waals surface area (Å²) in [5.41, 5.74) is 5.50. The van der Waals surface area contributed by atoms with Crippen molar-refractivity contribution < 1.29 is 102 Å². The van der Waals surface area contributed by atoms with Crippen molar-refractivity contribution in [3.8, 4) is 11.5 Å². The molecule has 0 bridgehead atoms. The molecular formula is C38H36Cl2Cu2N6O10. The molecule has 0 saturated carbocycles. The van der Waals surface area contributed by atoms with Gasteiger partial charge in [0.1, 0.15) is 0 Å². The van der Waals surface area contributed by atoms with Crippen molar-refractivity contribution >= 4 is 0 Å². The summed E-state index contributed by atoms with van der Waals surface area (Å²) in [5.74, 6) is 0.138. The molecule has 0 aliphatic rings. The molecule has 2 radical (unpaired) electrons. The molecule has 20 heteroatoms. The number of benzene rings is 2. The first kappa shape index (κ1) is 51.9. The summed E-state index contributed by atoms with van der Waals surface area (Å²) in [6.07, 6.45) is 7.15. The Morgan fingerprint density at radius 2 is 0.569 bits per heavy atom. The Morgan fingerprint density at radius 3 is 0.776 bits per heavy atom. The molecule has 6 rings (SSSR count). The molecule has 0 fully saturated rings. The van der Waals surface area contributed by atoms with Crippen molar-refractivity contribution in [3.63, 3.8) is 0 Å². The number of pyridine rings is 4. The Labute approximate surface area is 360 Å². The van der Waals surface area contributed by atoms with E-state index in [1.54, 1.807) is 49.1 Å². The predicted octanol–water partition coefficient (Wildman–Crippen LogP) is -4.01. The summed E-state index contributed by atoms with van der Waals surface area (Å²) >= 11 is 0. The van der Waals surface area contributed by atoms with Crippen molar-refractivity contribution in [2.75, 3.05) is 0 Å². The molecule has 0 aliphatic heterocycles. The quantitative estimate of drug-likeness (QED) is 0.106. The van der Waals surface area contributed by atoms with Gasteiger partial charge in [-0.15, -0.1) is 32.0 Å². The van der Waals surface area contributed by atoms with Gasteiger partial charge in [-0.25, -0.2) is 37.3 Å². The van der Waals surface area contributed by atoms with Crippen molar-refractivity contribution in [1.29, 1.82) is 0 Å². The largest absolute Gasteiger partial charge is 2.00 e. The van der Waals surface area contributed by atoms with Crippen LogP contribution in [0.25, 0.3) is 0 Å². The van der Waals surface area contributed by atoms with Gasteiger partial charge in [0.05, 0.1) is 22.8 Å². The van der Waals surface area contributed by atoms with E-state index in [4.69, 9.17) is 37.3 Å². The summed E-state index contributed by atoms with van der Waals surface area (Å²) < 4.78 is 67.9. The number of hydrogen-bond donors (Lipinski definition) is 0. The van der Waals surface area contributed by atoms with Crippen LogP contribution in [-0.2, 0) is 73.4 Å². The van der Waals surface area contributed by atoms with Crippen LogP contribution in [0.15, 0.2) is 146 Å². The summed E-state index contributed by atoms with van der Waals surface area (Å²) in [4.78, 5) is 21.9. The van der Waals surface area contributed by atoms with E-state index >= 15 is 0 Å². The van der Waals surface area contributed by atoms with E-state index in [0.29, 0.717) is 39.3 Å². The number of halogens is 2. The van der Waals surface area contributed by atoms with E-state index in [-0.39, 0.29) is 45.6 Å². The summed E-state index contributed by atoms with van der Waals surface area (Å²) in [6.45, 7) is 3.84. The zero-order chi connectivity index (χ0) is 40.8. The molecule has 0 unspecified atom stereocenters. The van der Waals surface area contributed by atoms with Gasteiger partial charge < -0.3 is 10.2 Å². The van der Waals surface area contributed by atoms with Gasteiger partial charge >= 0.3 is 34.1 Å². The van der Waals surface area contributed by atoms with Gasteiger partial charge in [0, 0.05) is 64.1 Å². The van der Waals surface area contributed by atoms with Gasteiger partial charge in [-0.1, -0.05) is 72.8 Å². The molecule has 16 nitrogen and oxygen atoms in total. The first-order valence-electron chi connectivity index (χ1n) is 16.4. The van der Waals surface area contributed by atoms with Crippen LogP contribution < -0.4 is 47.5 Å². The van der Waals surface area contributed by atoms with Crippen LogP contribution >= 0.6 is 0 Å². The molecule has 0 amide bonds. The minimum atomic E-state index is -4.94. The Morgan fingerprint density at radius 1 is 0.345 bits per heavy atom. The number of aromatic nitrogens is 4. The summed E-state index contributed by atoms with van der Waals surface area (Å²) in [7, 11) is -9.89. The monoisotopic (exact) mass is 932 g/mol. The number of rotatable bonds is 12. The van der Waals surface area contributed by atoms with Gasteiger partial charge in [0.2, 0.25) is 0 Å². The van der Waals surface area contributed by atoms with Crippen molar-refractivity contribution in [2.24, 2.45) is 0 Å². The van der Waals surface area contributed by atoms with Crippen LogP contribution in [0.4, 0.5) is 0 Å². The third-order valence-electron chi connectivity index (χ3n) is 7.18. The van der Waals surface area contributed by atoms with E-state index < -0.39 is 20.5 Å². The van der Waals surface area contributed by atoms with E-state index in [0.717, 1.165) is 33.9 Å². The normalized spacial score (nSPS) is 10.7. The fourth-order valence-corrected chi connectivity index (χ4v) is 4.97. The van der Waals surface area contributed by atoms with Crippen molar-refractivity contribution in [1.82, 2.24) is 29.7 Å². The first-order valence-corrected chi connectivity index (χ1v) is 18.9. The molecule has 0 aliphatic carbocycles. The molecule has 314 valence electrons. The van der Waals surface area contributed by atoms with E-state index in [2.05, 4.69) is 29.7 Å². The molecule has 4 heterocycles. The van der Waals surface area contributed by atoms with Gasteiger partial charge in [0.25, 0.3) is 0 Å². The van der Waals surface area contributed by atoms with Crippen molar-refractivity contribution in [2.45, 2.75) is 39.3 Å². The summed E-state index contributed by atoms with van der Waals surface area (Å²) in [6, 6.07) is 37.8. The third-order valence-corrected chi connectivity index (χ3v) is 7.18. The standard InChI is InChI=1S/2C19H19N3O.2ClHO4.2Cu/c2*23-19-10-2-1-7-16(19)13-22(14-17-8-3-5-11-20-17)15-18-9-4-6-12-21-18;2*2-1(3,4)5;;/h2*1-12,23H,13-15H2;2*(H,2,3,4,5);;/q;;;;2*+2/p-4. The molecule has 58 heavy (non-hydrogen) atoms.